The van der Waals surface area contributed by atoms with E-state index < -0.39 is 10.4 Å². The molecule has 1 aromatic rings. The predicted octanol–water partition coefficient (Wildman–Crippen LogP) is 5.51. The van der Waals surface area contributed by atoms with Crippen molar-refractivity contribution < 1.29 is 4.21 Å². The summed E-state index contributed by atoms with van der Waals surface area (Å²) in [5.41, 5.74) is 8.35. The number of nitrogens with zero attached hydrogens (tertiary/aromatic N) is 1. The van der Waals surface area contributed by atoms with E-state index in [1.807, 2.05) is 31.2 Å². The van der Waals surface area contributed by atoms with Crippen molar-refractivity contribution in [2.45, 2.75) is 32.6 Å². The van der Waals surface area contributed by atoms with Crippen LogP contribution in [0.1, 0.15) is 43.7 Å². The molecule has 0 spiro atoms. The molecule has 1 aliphatic carbocycles. The van der Waals surface area contributed by atoms with Crippen LogP contribution in [0.15, 0.2) is 50.9 Å². The van der Waals surface area contributed by atoms with Gasteiger partial charge in [0, 0.05) is 5.56 Å². The molecule has 122 valence electrons. The molecule has 1 unspecified atom stereocenters. The Hall–Kier alpha value is -1.25. The average molecular weight is 368 g/mol. The van der Waals surface area contributed by atoms with Gasteiger partial charge >= 0.3 is 0 Å². The Morgan fingerprint density at radius 3 is 2.74 bits per heavy atom. The first-order valence-electron chi connectivity index (χ1n) is 7.46. The normalized spacial score (nSPS) is 21.9. The minimum absolute atomic E-state index is 0.224. The highest BCUT2D eigenvalue weighted by Gasteiger charge is 2.27. The summed E-state index contributed by atoms with van der Waals surface area (Å²) in [6.07, 6.45) is 5.43. The molecule has 0 amide bonds. The molecule has 0 bridgehead atoms. The van der Waals surface area contributed by atoms with Crippen molar-refractivity contribution in [3.63, 3.8) is 0 Å². The van der Waals surface area contributed by atoms with E-state index in [2.05, 4.69) is 17.4 Å². The van der Waals surface area contributed by atoms with Gasteiger partial charge in [0.1, 0.15) is 10.4 Å². The predicted molar refractivity (Wildman–Crippen MR) is 101 cm³/mol. The number of benzene rings is 1. The summed E-state index contributed by atoms with van der Waals surface area (Å²) >= 11 is 12.3. The third-order valence-electron chi connectivity index (χ3n) is 4.09. The number of allylic oxidation sites excluding steroid dienone is 4. The lowest BCUT2D eigenvalue weighted by molar-refractivity contribution is 0.509. The molecule has 0 heterocycles. The maximum atomic E-state index is 11.2. The molecule has 5 heteroatoms. The molecule has 0 saturated carbocycles. The summed E-state index contributed by atoms with van der Waals surface area (Å²) in [5.74, 6) is 0.536. The monoisotopic (exact) mass is 367 g/mol. The molecule has 0 fully saturated rings. The van der Waals surface area contributed by atoms with Crippen molar-refractivity contribution >= 4 is 39.3 Å². The fraction of sp³-hybridized carbons (Fsp3) is 0.333. The Morgan fingerprint density at radius 1 is 1.39 bits per heavy atom. The summed E-state index contributed by atoms with van der Waals surface area (Å²) in [6.45, 7) is 3.99. The highest BCUT2D eigenvalue weighted by atomic mass is 35.5. The minimum Gasteiger partial charge on any atom is -0.198 e. The van der Waals surface area contributed by atoms with Crippen LogP contribution in [0, 0.1) is 11.6 Å². The van der Waals surface area contributed by atoms with E-state index in [9.17, 15) is 4.21 Å². The van der Waals surface area contributed by atoms with Crippen molar-refractivity contribution in [1.29, 1.82) is 0 Å². The maximum Gasteiger partial charge on any atom is 0.140 e. The molecule has 1 aliphatic rings. The van der Waals surface area contributed by atoms with Gasteiger partial charge < -0.3 is 0 Å². The van der Waals surface area contributed by atoms with Crippen LogP contribution in [-0.2, 0) is 10.4 Å². The topological polar surface area (TPSA) is 29.4 Å². The van der Waals surface area contributed by atoms with Crippen molar-refractivity contribution in [1.82, 2.24) is 0 Å². The zero-order valence-electron chi connectivity index (χ0n) is 13.1. The van der Waals surface area contributed by atoms with Gasteiger partial charge in [0.25, 0.3) is 0 Å². The number of rotatable bonds is 3. The number of fused-ring (bicyclic) bond motifs is 1. The van der Waals surface area contributed by atoms with Gasteiger partial charge in [-0.05, 0) is 37.2 Å². The van der Waals surface area contributed by atoms with E-state index in [1.165, 1.54) is 5.56 Å². The van der Waals surface area contributed by atoms with Gasteiger partial charge in [0.2, 0.25) is 0 Å². The highest BCUT2D eigenvalue weighted by Crippen LogP contribution is 2.38. The molecule has 2 rings (SSSR count). The van der Waals surface area contributed by atoms with Gasteiger partial charge in [-0.25, -0.2) is 0 Å². The molecule has 1 aromatic carbocycles. The molecular weight excluding hydrogens is 349 g/mol. The van der Waals surface area contributed by atoms with Gasteiger partial charge in [0.05, 0.1) is 15.8 Å². The van der Waals surface area contributed by atoms with Crippen LogP contribution < -0.4 is 0 Å². The lowest BCUT2D eigenvalue weighted by atomic mass is 9.75. The van der Waals surface area contributed by atoms with Crippen LogP contribution in [0.3, 0.4) is 0 Å². The lowest BCUT2D eigenvalue weighted by Crippen LogP contribution is -2.20. The van der Waals surface area contributed by atoms with Crippen LogP contribution in [0.4, 0.5) is 0 Å². The summed E-state index contributed by atoms with van der Waals surface area (Å²) in [5, 5.41) is 1.13. The van der Waals surface area contributed by atoms with Crippen LogP contribution >= 0.6 is 23.2 Å². The minimum atomic E-state index is -1.68. The first-order chi connectivity index (χ1) is 10.9. The zero-order valence-corrected chi connectivity index (χ0v) is 15.5. The second-order valence-electron chi connectivity index (χ2n) is 5.56. The third-order valence-corrected chi connectivity index (χ3v) is 5.34. The largest absolute Gasteiger partial charge is 0.198 e. The van der Waals surface area contributed by atoms with Gasteiger partial charge in [-0.1, -0.05) is 72.2 Å². The third kappa shape index (κ3) is 4.39. The molecular formula is C18H19Cl2NOS. The van der Waals surface area contributed by atoms with E-state index in [0.717, 1.165) is 24.1 Å². The van der Waals surface area contributed by atoms with Crippen molar-refractivity contribution in [3.8, 4) is 5.69 Å². The van der Waals surface area contributed by atoms with Gasteiger partial charge in [-0.15, -0.1) is 0 Å². The van der Waals surface area contributed by atoms with Crippen molar-refractivity contribution in [2.75, 3.05) is 0 Å². The molecule has 0 N–H and O–H groups in total. The lowest BCUT2D eigenvalue weighted by Gasteiger charge is -2.29. The molecule has 2 nitrogen and oxygen atoms in total. The van der Waals surface area contributed by atoms with Gasteiger partial charge in [-0.3, -0.25) is 0 Å². The quantitative estimate of drug-likeness (QED) is 0.647. The number of hydrogen-bond donors (Lipinski definition) is 0. The smallest absolute Gasteiger partial charge is 0.140 e. The Morgan fingerprint density at radius 2 is 2.09 bits per heavy atom. The summed E-state index contributed by atoms with van der Waals surface area (Å²) in [7, 11) is -1.68. The second-order valence-corrected chi connectivity index (χ2v) is 7.11. The van der Waals surface area contributed by atoms with E-state index in [-0.39, 0.29) is 5.92 Å². The van der Waals surface area contributed by atoms with E-state index in [0.29, 0.717) is 16.0 Å². The van der Waals surface area contributed by atoms with Crippen molar-refractivity contribution in [2.24, 2.45) is 10.3 Å². The fourth-order valence-electron chi connectivity index (χ4n) is 2.98. The molecule has 0 radical (unpaired) electrons. The molecule has 0 saturated heterocycles. The van der Waals surface area contributed by atoms with E-state index in [4.69, 9.17) is 28.9 Å². The Kier molecular flexibility index (Phi) is 6.32. The first kappa shape index (κ1) is 18.1. The van der Waals surface area contributed by atoms with E-state index in [1.54, 1.807) is 6.08 Å². The number of hydrogen-bond acceptors (Lipinski definition) is 1. The van der Waals surface area contributed by atoms with Crippen LogP contribution in [0.2, 0.25) is 0 Å². The SMILES string of the molecule is C#S(=O)/N=C1\CC[C@@H](C(C)/C=C(Cl)\C(Cl)=C/C)c2ccccc21. The first-order valence-corrected chi connectivity index (χ1v) is 9.39. The van der Waals surface area contributed by atoms with Crippen molar-refractivity contribution in [3.05, 3.63) is 57.6 Å². The maximum absolute atomic E-state index is 11.2. The van der Waals surface area contributed by atoms with E-state index >= 15 is 0 Å². The van der Waals surface area contributed by atoms with Crippen LogP contribution in [0.25, 0.3) is 0 Å². The van der Waals surface area contributed by atoms with Gasteiger partial charge in [-0.2, -0.15) is 8.61 Å². The van der Waals surface area contributed by atoms with Crippen LogP contribution in [0.5, 0.6) is 0 Å². The Balaban J connectivity index is 2.40. The Bertz CT molecular complexity index is 805. The molecule has 2 atom stereocenters. The molecule has 0 aromatic heterocycles. The fourth-order valence-corrected chi connectivity index (χ4v) is 3.76. The second kappa shape index (κ2) is 8.03. The standard InChI is InChI=1S/C18H19Cl2NOS/c1-4-16(19)17(20)11-12(2)13-9-10-18(21-23(3)22)15-8-6-5-7-14(13)15/h3-8,11-13H,9-10H2,1-2H3/b16-4+,17-11+,21-18+/t12?,13-/m0/s1. The summed E-state index contributed by atoms with van der Waals surface area (Å²) in [6, 6.07) is 8.05. The molecule has 23 heavy (non-hydrogen) atoms. The Labute approximate surface area is 149 Å². The number of halogens is 2. The van der Waals surface area contributed by atoms with Gasteiger partial charge in [0.15, 0.2) is 0 Å². The average Bonchev–Trinajstić information content (AvgIpc) is 2.53. The summed E-state index contributed by atoms with van der Waals surface area (Å²) in [4.78, 5) is 0. The zero-order chi connectivity index (χ0) is 17.0. The summed E-state index contributed by atoms with van der Waals surface area (Å²) < 4.78 is 15.3. The van der Waals surface area contributed by atoms with Crippen LogP contribution in [-0.4, -0.2) is 9.92 Å². The highest BCUT2D eigenvalue weighted by molar-refractivity contribution is 7.72. The molecule has 0 aliphatic heterocycles.